The molecule has 188 valence electrons. The van der Waals surface area contributed by atoms with Gasteiger partial charge in [0.1, 0.15) is 0 Å². The molecular formula is C29H37Cl2N3O. The normalized spacial score (nSPS) is 25.9. The first-order valence-electron chi connectivity index (χ1n) is 12.8. The van der Waals surface area contributed by atoms with Gasteiger partial charge >= 0.3 is 0 Å². The van der Waals surface area contributed by atoms with Gasteiger partial charge in [-0.15, -0.1) is 6.58 Å². The number of allylic oxidation sites excluding steroid dienone is 1. The number of rotatable bonds is 8. The summed E-state index contributed by atoms with van der Waals surface area (Å²) >= 11 is 12.6. The van der Waals surface area contributed by atoms with Crippen LogP contribution in [0.4, 0.5) is 0 Å². The standard InChI is InChI=1S/C29H37Cl2N3O/c1-4-6-23-18-26(22-7-5-8-25(31)17-22)27(33-29(23)35)19(2)20(3)28(34-15-13-32-14-16-34)21-9-11-24(30)12-10-21/h4-5,7-12,17,19-20,23,26-28,32H,1,6,13-16,18H2,2-3H3,(H,33,35)/t19?,20?,23-,26+,27-,28?/m0/s1. The topological polar surface area (TPSA) is 44.4 Å². The highest BCUT2D eigenvalue weighted by atomic mass is 35.5. The van der Waals surface area contributed by atoms with Gasteiger partial charge in [-0.25, -0.2) is 0 Å². The molecule has 2 N–H and O–H groups in total. The maximum absolute atomic E-state index is 13.1. The molecule has 35 heavy (non-hydrogen) atoms. The molecule has 0 saturated carbocycles. The van der Waals surface area contributed by atoms with E-state index in [0.717, 1.165) is 42.6 Å². The number of piperazine rings is 1. The van der Waals surface area contributed by atoms with Crippen LogP contribution in [0.25, 0.3) is 0 Å². The Bertz CT molecular complexity index is 1010. The minimum absolute atomic E-state index is 0.0229. The fourth-order valence-corrected chi connectivity index (χ4v) is 6.33. The molecule has 2 aliphatic heterocycles. The SMILES string of the molecule is C=CC[C@H]1C[C@H](c2cccc(Cl)c2)[C@H](C(C)C(C)C(c2ccc(Cl)cc2)N2CCNCC2)NC1=O. The van der Waals surface area contributed by atoms with Crippen LogP contribution in [0.1, 0.15) is 49.8 Å². The van der Waals surface area contributed by atoms with Crippen LogP contribution in [-0.2, 0) is 4.79 Å². The summed E-state index contributed by atoms with van der Waals surface area (Å²) in [7, 11) is 0. The lowest BCUT2D eigenvalue weighted by molar-refractivity contribution is -0.129. The molecule has 0 radical (unpaired) electrons. The van der Waals surface area contributed by atoms with Crippen LogP contribution in [0.2, 0.25) is 10.0 Å². The van der Waals surface area contributed by atoms with E-state index in [-0.39, 0.29) is 35.7 Å². The van der Waals surface area contributed by atoms with Crippen molar-refractivity contribution in [2.45, 2.75) is 44.7 Å². The highest BCUT2D eigenvalue weighted by molar-refractivity contribution is 6.30. The minimum atomic E-state index is -0.0598. The highest BCUT2D eigenvalue weighted by Gasteiger charge is 2.42. The summed E-state index contributed by atoms with van der Waals surface area (Å²) in [6.07, 6.45) is 3.35. The number of carbonyl (C=O) groups excluding carboxylic acids is 1. The van der Waals surface area contributed by atoms with E-state index in [2.05, 4.69) is 60.2 Å². The Kier molecular flexibility index (Phi) is 8.93. The fraction of sp³-hybridized carbons (Fsp3) is 0.483. The first-order chi connectivity index (χ1) is 16.9. The predicted molar refractivity (Wildman–Crippen MR) is 146 cm³/mol. The average Bonchev–Trinajstić information content (AvgIpc) is 2.86. The van der Waals surface area contributed by atoms with E-state index in [1.54, 1.807) is 0 Å². The zero-order chi connectivity index (χ0) is 24.9. The average molecular weight is 515 g/mol. The van der Waals surface area contributed by atoms with Crippen molar-refractivity contribution in [1.29, 1.82) is 0 Å². The molecule has 2 aromatic carbocycles. The van der Waals surface area contributed by atoms with Crippen molar-refractivity contribution >= 4 is 29.1 Å². The number of benzene rings is 2. The van der Waals surface area contributed by atoms with E-state index in [1.165, 1.54) is 11.1 Å². The second-order valence-corrected chi connectivity index (χ2v) is 11.0. The molecule has 2 aliphatic rings. The van der Waals surface area contributed by atoms with Crippen LogP contribution in [-0.4, -0.2) is 43.0 Å². The van der Waals surface area contributed by atoms with Gasteiger partial charge in [0.2, 0.25) is 5.91 Å². The Morgan fingerprint density at radius 2 is 1.80 bits per heavy atom. The van der Waals surface area contributed by atoms with Crippen LogP contribution >= 0.6 is 23.2 Å². The molecule has 4 nitrogen and oxygen atoms in total. The lowest BCUT2D eigenvalue weighted by Crippen LogP contribution is -2.54. The van der Waals surface area contributed by atoms with Gasteiger partial charge in [0, 0.05) is 60.1 Å². The first-order valence-corrected chi connectivity index (χ1v) is 13.5. The van der Waals surface area contributed by atoms with Crippen molar-refractivity contribution in [2.75, 3.05) is 26.2 Å². The molecule has 2 heterocycles. The molecule has 2 fully saturated rings. The summed E-state index contributed by atoms with van der Waals surface area (Å²) in [6, 6.07) is 16.7. The molecule has 6 heteroatoms. The number of nitrogens with zero attached hydrogens (tertiary/aromatic N) is 1. The van der Waals surface area contributed by atoms with Gasteiger partial charge in [0.25, 0.3) is 0 Å². The number of hydrogen-bond acceptors (Lipinski definition) is 3. The molecule has 0 spiro atoms. The van der Waals surface area contributed by atoms with Crippen molar-refractivity contribution in [3.63, 3.8) is 0 Å². The molecule has 2 saturated heterocycles. The predicted octanol–water partition coefficient (Wildman–Crippen LogP) is 6.08. The van der Waals surface area contributed by atoms with Crippen LogP contribution in [0.3, 0.4) is 0 Å². The van der Waals surface area contributed by atoms with E-state index in [1.807, 2.05) is 30.3 Å². The van der Waals surface area contributed by atoms with E-state index in [4.69, 9.17) is 23.2 Å². The van der Waals surface area contributed by atoms with Crippen molar-refractivity contribution in [2.24, 2.45) is 17.8 Å². The molecular weight excluding hydrogens is 477 g/mol. The lowest BCUT2D eigenvalue weighted by Gasteiger charge is -2.46. The molecule has 3 unspecified atom stereocenters. The molecule has 4 rings (SSSR count). The van der Waals surface area contributed by atoms with Gasteiger partial charge in [0.15, 0.2) is 0 Å². The minimum Gasteiger partial charge on any atom is -0.352 e. The Balaban J connectivity index is 1.66. The number of halogens is 2. The van der Waals surface area contributed by atoms with Crippen LogP contribution < -0.4 is 10.6 Å². The molecule has 1 amide bonds. The summed E-state index contributed by atoms with van der Waals surface area (Å²) in [4.78, 5) is 15.7. The van der Waals surface area contributed by atoms with Crippen LogP contribution in [0.15, 0.2) is 61.2 Å². The Hall–Kier alpha value is -1.85. The quantitative estimate of drug-likeness (QED) is 0.420. The molecule has 0 aromatic heterocycles. The van der Waals surface area contributed by atoms with Gasteiger partial charge in [-0.05, 0) is 60.1 Å². The molecule has 0 bridgehead atoms. The van der Waals surface area contributed by atoms with Gasteiger partial charge < -0.3 is 10.6 Å². The third-order valence-corrected chi connectivity index (χ3v) is 8.52. The van der Waals surface area contributed by atoms with E-state index in [0.29, 0.717) is 12.3 Å². The number of nitrogens with one attached hydrogen (secondary N) is 2. The maximum atomic E-state index is 13.1. The molecule has 6 atom stereocenters. The van der Waals surface area contributed by atoms with Crippen molar-refractivity contribution in [3.05, 3.63) is 82.4 Å². The van der Waals surface area contributed by atoms with Gasteiger partial charge in [-0.3, -0.25) is 9.69 Å². The van der Waals surface area contributed by atoms with Gasteiger partial charge in [-0.2, -0.15) is 0 Å². The summed E-state index contributed by atoms with van der Waals surface area (Å²) in [6.45, 7) is 12.5. The summed E-state index contributed by atoms with van der Waals surface area (Å²) < 4.78 is 0. The van der Waals surface area contributed by atoms with Gasteiger partial charge in [0.05, 0.1) is 0 Å². The zero-order valence-electron chi connectivity index (χ0n) is 20.7. The number of hydrogen-bond donors (Lipinski definition) is 2. The van der Waals surface area contributed by atoms with Crippen LogP contribution in [0, 0.1) is 17.8 Å². The van der Waals surface area contributed by atoms with E-state index < -0.39 is 0 Å². The summed E-state index contributed by atoms with van der Waals surface area (Å²) in [5.41, 5.74) is 2.47. The summed E-state index contributed by atoms with van der Waals surface area (Å²) in [5, 5.41) is 8.40. The lowest BCUT2D eigenvalue weighted by atomic mass is 9.70. The van der Waals surface area contributed by atoms with Crippen molar-refractivity contribution in [3.8, 4) is 0 Å². The van der Waals surface area contributed by atoms with Crippen LogP contribution in [0.5, 0.6) is 0 Å². The monoisotopic (exact) mass is 513 g/mol. The maximum Gasteiger partial charge on any atom is 0.223 e. The number of carbonyl (C=O) groups is 1. The zero-order valence-corrected chi connectivity index (χ0v) is 22.2. The number of piperidine rings is 1. The first kappa shape index (κ1) is 26.2. The third-order valence-electron chi connectivity index (χ3n) is 8.03. The second-order valence-electron chi connectivity index (χ2n) is 10.2. The fourth-order valence-electron chi connectivity index (χ4n) is 6.01. The number of amides is 1. The molecule has 0 aliphatic carbocycles. The third kappa shape index (κ3) is 6.11. The smallest absolute Gasteiger partial charge is 0.223 e. The van der Waals surface area contributed by atoms with Crippen molar-refractivity contribution < 1.29 is 4.79 Å². The van der Waals surface area contributed by atoms with Crippen molar-refractivity contribution in [1.82, 2.24) is 15.5 Å². The second kappa shape index (κ2) is 11.9. The summed E-state index contributed by atoms with van der Waals surface area (Å²) in [5.74, 6) is 0.816. The Morgan fingerprint density at radius 3 is 2.46 bits per heavy atom. The van der Waals surface area contributed by atoms with Gasteiger partial charge in [-0.1, -0.05) is 67.4 Å². The van der Waals surface area contributed by atoms with E-state index >= 15 is 0 Å². The Labute approximate surface area is 220 Å². The molecule has 2 aromatic rings. The highest BCUT2D eigenvalue weighted by Crippen LogP contribution is 2.42. The Morgan fingerprint density at radius 1 is 1.09 bits per heavy atom. The van der Waals surface area contributed by atoms with E-state index in [9.17, 15) is 4.79 Å². The largest absolute Gasteiger partial charge is 0.352 e.